The molecule has 0 aliphatic heterocycles. The second-order valence-corrected chi connectivity index (χ2v) is 9.05. The highest BCUT2D eigenvalue weighted by Gasteiger charge is 2.22. The average Bonchev–Trinajstić information content (AvgIpc) is 2.68. The van der Waals surface area contributed by atoms with Gasteiger partial charge in [0.2, 0.25) is 0 Å². The predicted molar refractivity (Wildman–Crippen MR) is 118 cm³/mol. The Labute approximate surface area is 247 Å². The van der Waals surface area contributed by atoms with E-state index in [0.29, 0.717) is 0 Å². The minimum atomic E-state index is -6.00. The van der Waals surface area contributed by atoms with Gasteiger partial charge in [-0.3, -0.25) is 0 Å². The largest absolute Gasteiger partial charge is 0.673 e. The quantitative estimate of drug-likeness (QED) is 0.176. The second kappa shape index (κ2) is 23.9. The van der Waals surface area contributed by atoms with Gasteiger partial charge in [0.25, 0.3) is 0 Å². The van der Waals surface area contributed by atoms with E-state index in [0.717, 1.165) is 5.75 Å². The Morgan fingerprint density at radius 2 is 0.556 bits per heavy atom. The van der Waals surface area contributed by atoms with E-state index in [1.165, 1.54) is 7.14 Å². The van der Waals surface area contributed by atoms with E-state index in [2.05, 4.69) is 42.5 Å². The van der Waals surface area contributed by atoms with Crippen LogP contribution in [0.25, 0.3) is 0 Å². The molecule has 0 saturated heterocycles. The van der Waals surface area contributed by atoms with E-state index in [1.807, 2.05) is 12.1 Å². The zero-order valence-electron chi connectivity index (χ0n) is 21.0. The normalized spacial score (nSPS) is 11.3. The molecule has 0 fully saturated rings. The Hall–Kier alpha value is -2.32. The summed E-state index contributed by atoms with van der Waals surface area (Å²) in [6, 6.07) is 19.0. The Morgan fingerprint density at radius 3 is 0.756 bits per heavy atom. The van der Waals surface area contributed by atoms with Gasteiger partial charge >= 0.3 is 64.7 Å². The molecule has 0 spiro atoms. The van der Waals surface area contributed by atoms with Crippen molar-refractivity contribution < 1.29 is 130 Å². The molecular formula is C13H12B6F24IO-5. The maximum Gasteiger partial charge on any atom is 0.673 e. The summed E-state index contributed by atoms with van der Waals surface area (Å²) in [5.41, 5.74) is 0. The molecule has 0 N–H and O–H groups in total. The molecule has 0 saturated carbocycles. The van der Waals surface area contributed by atoms with Crippen LogP contribution in [0.4, 0.5) is 104 Å². The van der Waals surface area contributed by atoms with Gasteiger partial charge in [0.05, 0.1) is 7.11 Å². The fraction of sp³-hybridized carbons (Fsp3) is 0.0769. The summed E-state index contributed by atoms with van der Waals surface area (Å²) in [6.45, 7) is 0. The van der Waals surface area contributed by atoms with Crippen molar-refractivity contribution in [2.75, 3.05) is 7.11 Å². The van der Waals surface area contributed by atoms with Crippen molar-refractivity contribution in [1.29, 1.82) is 0 Å². The van der Waals surface area contributed by atoms with Crippen molar-refractivity contribution in [2.45, 2.75) is 0 Å². The minimum Gasteiger partial charge on any atom is -0.497 e. The van der Waals surface area contributed by atoms with E-state index in [1.54, 1.807) is 7.11 Å². The Morgan fingerprint density at radius 1 is 0.356 bits per heavy atom. The van der Waals surface area contributed by atoms with Crippen LogP contribution in [-0.2, 0) is 0 Å². The monoisotopic (exact) mass is 833 g/mol. The summed E-state index contributed by atoms with van der Waals surface area (Å²) in [5, 5.41) is 0. The molecule has 0 aliphatic rings. The van der Waals surface area contributed by atoms with Crippen molar-refractivity contribution in [3.8, 4) is 5.75 Å². The summed E-state index contributed by atoms with van der Waals surface area (Å²) >= 11 is -0.0449. The average molecular weight is 832 g/mol. The van der Waals surface area contributed by atoms with Gasteiger partial charge in [0.15, 0.2) is 7.14 Å². The van der Waals surface area contributed by atoms with Crippen LogP contribution in [0.5, 0.6) is 5.75 Å². The fourth-order valence-corrected chi connectivity index (χ4v) is 3.45. The zero-order chi connectivity index (χ0) is 37.5. The van der Waals surface area contributed by atoms with Crippen molar-refractivity contribution in [2.24, 2.45) is 0 Å². The molecule has 0 amide bonds. The lowest BCUT2D eigenvalue weighted by atomic mass is 10.3. The van der Waals surface area contributed by atoms with Crippen LogP contribution < -0.4 is 25.9 Å². The molecule has 0 heterocycles. The molecule has 0 bridgehead atoms. The lowest BCUT2D eigenvalue weighted by Gasteiger charge is -1.95. The van der Waals surface area contributed by atoms with Crippen LogP contribution in [-0.4, -0.2) is 50.6 Å². The molecule has 2 rings (SSSR count). The summed E-state index contributed by atoms with van der Waals surface area (Å²) in [5.74, 6) is 0.927. The predicted octanol–water partition coefficient (Wildman–Crippen LogP) is 7.62. The van der Waals surface area contributed by atoms with Gasteiger partial charge < -0.3 is 108 Å². The van der Waals surface area contributed by atoms with Crippen LogP contribution in [0.1, 0.15) is 0 Å². The van der Waals surface area contributed by atoms with Gasteiger partial charge in [0.1, 0.15) is 5.75 Å². The highest BCUT2D eigenvalue weighted by Crippen LogP contribution is 2.09. The minimum absolute atomic E-state index is 0.0449. The van der Waals surface area contributed by atoms with Crippen molar-refractivity contribution in [3.63, 3.8) is 0 Å². The SMILES string of the molecule is COc1ccc([I+]c2ccccc2)cc1.F[B-](F)(F)F.F[B-](F)(F)F.F[B-](F)(F)F.F[B-](F)(F)F.F[B-](F)(F)F.F[B-](F)(F)F. The number of ether oxygens (including phenoxy) is 1. The number of halogens is 25. The molecule has 0 atom stereocenters. The molecule has 0 unspecified atom stereocenters. The molecule has 1 nitrogen and oxygen atoms in total. The molecule has 32 heteroatoms. The third kappa shape index (κ3) is 140. The van der Waals surface area contributed by atoms with E-state index in [4.69, 9.17) is 4.74 Å². The number of methoxy groups -OCH3 is 1. The Kier molecular flexibility index (Phi) is 27.8. The zero-order valence-corrected chi connectivity index (χ0v) is 23.2. The van der Waals surface area contributed by atoms with Gasteiger partial charge in [-0.1, -0.05) is 18.2 Å². The van der Waals surface area contributed by atoms with E-state index >= 15 is 0 Å². The first kappa shape index (κ1) is 52.2. The topological polar surface area (TPSA) is 9.23 Å². The molecule has 0 aromatic heterocycles. The molecule has 0 aliphatic carbocycles. The number of rotatable bonds is 3. The van der Waals surface area contributed by atoms with Crippen LogP contribution >= 0.6 is 0 Å². The van der Waals surface area contributed by atoms with Crippen LogP contribution in [0.3, 0.4) is 0 Å². The third-order valence-corrected chi connectivity index (χ3v) is 4.68. The van der Waals surface area contributed by atoms with Crippen LogP contribution in [0.15, 0.2) is 54.6 Å². The molecule has 268 valence electrons. The molecule has 2 aromatic rings. The molecule has 45 heavy (non-hydrogen) atoms. The van der Waals surface area contributed by atoms with Crippen molar-refractivity contribution in [3.05, 3.63) is 61.7 Å². The van der Waals surface area contributed by atoms with Gasteiger partial charge in [-0.2, -0.15) is 0 Å². The first-order chi connectivity index (χ1) is 19.4. The maximum atomic E-state index is 9.75. The molecule has 2 aromatic carbocycles. The Balaban J connectivity index is -0.000000151. The first-order valence-electron chi connectivity index (χ1n) is 9.96. The number of hydrogen-bond donors (Lipinski definition) is 0. The summed E-state index contributed by atoms with van der Waals surface area (Å²) < 4.78 is 242. The maximum absolute atomic E-state index is 9.75. The van der Waals surface area contributed by atoms with Gasteiger partial charge in [-0.25, -0.2) is 0 Å². The summed E-state index contributed by atoms with van der Waals surface area (Å²) in [6.07, 6.45) is 0. The standard InChI is InChI=1S/C13H12IO.6BF4/c1-15-13-9-7-12(8-10-13)14-11-5-3-2-4-6-11;6*2-1(3,4)5/h2-10H,1H3;;;;;;/q+1;6*-1. The van der Waals surface area contributed by atoms with Crippen molar-refractivity contribution in [1.82, 2.24) is 0 Å². The lowest BCUT2D eigenvalue weighted by Crippen LogP contribution is -3.61. The Bertz CT molecular complexity index is 814. The van der Waals surface area contributed by atoms with Gasteiger partial charge in [0, 0.05) is 0 Å². The van der Waals surface area contributed by atoms with Crippen LogP contribution in [0.2, 0.25) is 0 Å². The van der Waals surface area contributed by atoms with E-state index in [9.17, 15) is 104 Å². The molecular weight excluding hydrogens is 820 g/mol. The smallest absolute Gasteiger partial charge is 0.497 e. The summed E-state index contributed by atoms with van der Waals surface area (Å²) in [4.78, 5) is 0. The van der Waals surface area contributed by atoms with Gasteiger partial charge in [-0.05, 0) is 36.4 Å². The number of hydrogen-bond acceptors (Lipinski definition) is 1. The van der Waals surface area contributed by atoms with E-state index in [-0.39, 0.29) is 21.2 Å². The van der Waals surface area contributed by atoms with E-state index < -0.39 is 43.5 Å². The molecule has 0 radical (unpaired) electrons. The van der Waals surface area contributed by atoms with Crippen molar-refractivity contribution >= 4 is 43.5 Å². The van der Waals surface area contributed by atoms with Crippen LogP contribution in [0, 0.1) is 7.14 Å². The summed E-state index contributed by atoms with van der Waals surface area (Å²) in [7, 11) is -34.3. The fourth-order valence-electron chi connectivity index (χ4n) is 1.24. The highest BCUT2D eigenvalue weighted by atomic mass is 127. The highest BCUT2D eigenvalue weighted by molar-refractivity contribution is 6.51. The first-order valence-corrected chi connectivity index (χ1v) is 12.1. The number of benzene rings is 2. The lowest BCUT2D eigenvalue weighted by molar-refractivity contribution is -0.597. The second-order valence-electron chi connectivity index (χ2n) is 6.02. The van der Waals surface area contributed by atoms with Gasteiger partial charge in [-0.15, -0.1) is 0 Å². The third-order valence-electron chi connectivity index (χ3n) is 2.00.